The Balaban J connectivity index is 1.88. The Labute approximate surface area is 175 Å². The summed E-state index contributed by atoms with van der Waals surface area (Å²) >= 11 is 1.86. The summed E-state index contributed by atoms with van der Waals surface area (Å²) in [4.78, 5) is 4.22. The molecule has 9 heteroatoms. The highest BCUT2D eigenvalue weighted by molar-refractivity contribution is 7.98. The SMILES string of the molecule is CN=C(NCCCCSC)NCCCc1nn(-c2ccc(F)cc2)c(N)c1C#N. The van der Waals surface area contributed by atoms with Gasteiger partial charge in [0.1, 0.15) is 23.3 Å². The molecule has 0 saturated carbocycles. The molecule has 4 N–H and O–H groups in total. The molecule has 0 aliphatic rings. The fraction of sp³-hybridized carbons (Fsp3) is 0.450. The lowest BCUT2D eigenvalue weighted by Crippen LogP contribution is -2.38. The number of nitriles is 1. The first kappa shape index (κ1) is 22.6. The first-order valence-electron chi connectivity index (χ1n) is 9.57. The summed E-state index contributed by atoms with van der Waals surface area (Å²) in [6.07, 6.45) is 5.76. The predicted octanol–water partition coefficient (Wildman–Crippen LogP) is 2.71. The van der Waals surface area contributed by atoms with Crippen LogP contribution in [0.2, 0.25) is 0 Å². The average Bonchev–Trinajstić information content (AvgIpc) is 3.05. The normalized spacial score (nSPS) is 11.3. The van der Waals surface area contributed by atoms with Crippen LogP contribution in [-0.4, -0.2) is 47.9 Å². The van der Waals surface area contributed by atoms with Gasteiger partial charge in [-0.2, -0.15) is 22.1 Å². The van der Waals surface area contributed by atoms with E-state index >= 15 is 0 Å². The van der Waals surface area contributed by atoms with Gasteiger partial charge in [0.15, 0.2) is 5.96 Å². The zero-order valence-corrected chi connectivity index (χ0v) is 17.7. The number of rotatable bonds is 10. The second kappa shape index (κ2) is 12.0. The molecule has 0 spiro atoms. The summed E-state index contributed by atoms with van der Waals surface area (Å²) in [5.41, 5.74) is 7.71. The molecule has 0 fully saturated rings. The number of aromatic nitrogens is 2. The van der Waals surface area contributed by atoms with Crippen LogP contribution in [0, 0.1) is 17.1 Å². The van der Waals surface area contributed by atoms with Crippen LogP contribution >= 0.6 is 11.8 Å². The average molecular weight is 418 g/mol. The number of benzene rings is 1. The monoisotopic (exact) mass is 417 g/mol. The van der Waals surface area contributed by atoms with E-state index in [-0.39, 0.29) is 11.6 Å². The number of nitrogens with two attached hydrogens (primary N) is 1. The van der Waals surface area contributed by atoms with Crippen LogP contribution in [0.5, 0.6) is 0 Å². The van der Waals surface area contributed by atoms with E-state index in [0.29, 0.717) is 29.9 Å². The molecular formula is C20H28FN7S. The van der Waals surface area contributed by atoms with E-state index in [4.69, 9.17) is 5.73 Å². The Morgan fingerprint density at radius 1 is 1.24 bits per heavy atom. The minimum Gasteiger partial charge on any atom is -0.382 e. The number of anilines is 1. The minimum atomic E-state index is -0.336. The largest absolute Gasteiger partial charge is 0.382 e. The van der Waals surface area contributed by atoms with Crippen molar-refractivity contribution in [2.75, 3.05) is 37.9 Å². The summed E-state index contributed by atoms with van der Waals surface area (Å²) in [6, 6.07) is 7.98. The lowest BCUT2D eigenvalue weighted by atomic mass is 10.1. The zero-order valence-electron chi connectivity index (χ0n) is 16.9. The molecule has 1 heterocycles. The van der Waals surface area contributed by atoms with Crippen molar-refractivity contribution in [2.24, 2.45) is 4.99 Å². The third-order valence-electron chi connectivity index (χ3n) is 4.35. The number of halogens is 1. The van der Waals surface area contributed by atoms with Crippen molar-refractivity contribution >= 4 is 23.5 Å². The van der Waals surface area contributed by atoms with Gasteiger partial charge in [0.05, 0.1) is 11.4 Å². The molecule has 2 aromatic rings. The van der Waals surface area contributed by atoms with Gasteiger partial charge in [0.25, 0.3) is 0 Å². The fourth-order valence-corrected chi connectivity index (χ4v) is 3.31. The number of nitrogens with zero attached hydrogens (tertiary/aromatic N) is 4. The summed E-state index contributed by atoms with van der Waals surface area (Å²) in [5.74, 6) is 1.87. The van der Waals surface area contributed by atoms with E-state index in [2.05, 4.69) is 33.0 Å². The maximum atomic E-state index is 13.2. The number of guanidine groups is 1. The molecule has 0 bridgehead atoms. The van der Waals surface area contributed by atoms with Gasteiger partial charge in [-0.1, -0.05) is 0 Å². The number of aliphatic imine (C=N–C) groups is 1. The minimum absolute atomic E-state index is 0.268. The molecular weight excluding hydrogens is 389 g/mol. The Morgan fingerprint density at radius 3 is 2.55 bits per heavy atom. The maximum Gasteiger partial charge on any atom is 0.190 e. The summed E-state index contributed by atoms with van der Waals surface area (Å²) < 4.78 is 14.6. The molecule has 0 amide bonds. The van der Waals surface area contributed by atoms with Gasteiger partial charge in [-0.25, -0.2) is 9.07 Å². The lowest BCUT2D eigenvalue weighted by Gasteiger charge is -2.11. The maximum absolute atomic E-state index is 13.2. The highest BCUT2D eigenvalue weighted by Crippen LogP contribution is 2.21. The van der Waals surface area contributed by atoms with Crippen molar-refractivity contribution in [3.05, 3.63) is 41.3 Å². The van der Waals surface area contributed by atoms with Crippen molar-refractivity contribution < 1.29 is 4.39 Å². The fourth-order valence-electron chi connectivity index (χ4n) is 2.82. The van der Waals surface area contributed by atoms with E-state index in [1.165, 1.54) is 29.0 Å². The molecule has 29 heavy (non-hydrogen) atoms. The Morgan fingerprint density at radius 2 is 1.93 bits per heavy atom. The molecule has 1 aromatic heterocycles. The van der Waals surface area contributed by atoms with Gasteiger partial charge in [-0.3, -0.25) is 4.99 Å². The highest BCUT2D eigenvalue weighted by atomic mass is 32.2. The second-order valence-corrected chi connectivity index (χ2v) is 7.42. The van der Waals surface area contributed by atoms with E-state index < -0.39 is 0 Å². The van der Waals surface area contributed by atoms with Crippen molar-refractivity contribution in [2.45, 2.75) is 25.7 Å². The number of hydrogen-bond acceptors (Lipinski definition) is 5. The van der Waals surface area contributed by atoms with Gasteiger partial charge in [-0.15, -0.1) is 0 Å². The molecule has 0 unspecified atom stereocenters. The van der Waals surface area contributed by atoms with Crippen molar-refractivity contribution in [3.8, 4) is 11.8 Å². The summed E-state index contributed by atoms with van der Waals surface area (Å²) in [5, 5.41) is 20.5. The third kappa shape index (κ3) is 6.68. The lowest BCUT2D eigenvalue weighted by molar-refractivity contribution is 0.627. The first-order valence-corrected chi connectivity index (χ1v) is 11.0. The quantitative estimate of drug-likeness (QED) is 0.312. The third-order valence-corrected chi connectivity index (χ3v) is 5.05. The van der Waals surface area contributed by atoms with Gasteiger partial charge < -0.3 is 16.4 Å². The molecule has 1 aromatic carbocycles. The predicted molar refractivity (Wildman–Crippen MR) is 118 cm³/mol. The Hall–Kier alpha value is -2.73. The van der Waals surface area contributed by atoms with Crippen LogP contribution in [0.25, 0.3) is 5.69 Å². The highest BCUT2D eigenvalue weighted by Gasteiger charge is 2.16. The van der Waals surface area contributed by atoms with Gasteiger partial charge in [-0.05, 0) is 62.0 Å². The first-order chi connectivity index (χ1) is 14.1. The number of hydrogen-bond donors (Lipinski definition) is 3. The van der Waals surface area contributed by atoms with Crippen LogP contribution in [0.3, 0.4) is 0 Å². The van der Waals surface area contributed by atoms with Gasteiger partial charge in [0, 0.05) is 20.1 Å². The molecule has 0 radical (unpaired) electrons. The molecule has 0 aliphatic heterocycles. The molecule has 2 rings (SSSR count). The molecule has 156 valence electrons. The van der Waals surface area contributed by atoms with Crippen LogP contribution < -0.4 is 16.4 Å². The Kier molecular flexibility index (Phi) is 9.31. The molecule has 0 atom stereocenters. The van der Waals surface area contributed by atoms with E-state index in [9.17, 15) is 9.65 Å². The number of aryl methyl sites for hydroxylation is 1. The van der Waals surface area contributed by atoms with E-state index in [0.717, 1.165) is 25.3 Å². The molecule has 0 aliphatic carbocycles. The molecule has 0 saturated heterocycles. The number of thioether (sulfide) groups is 1. The van der Waals surface area contributed by atoms with Crippen LogP contribution in [0.4, 0.5) is 10.2 Å². The van der Waals surface area contributed by atoms with Crippen LogP contribution in [0.15, 0.2) is 29.3 Å². The Bertz CT molecular complexity index is 840. The zero-order chi connectivity index (χ0) is 21.1. The number of unbranched alkanes of at least 4 members (excludes halogenated alkanes) is 1. The van der Waals surface area contributed by atoms with Crippen LogP contribution in [0.1, 0.15) is 30.5 Å². The number of nitrogen functional groups attached to an aromatic ring is 1. The van der Waals surface area contributed by atoms with Gasteiger partial charge >= 0.3 is 0 Å². The van der Waals surface area contributed by atoms with Crippen molar-refractivity contribution in [1.29, 1.82) is 5.26 Å². The van der Waals surface area contributed by atoms with Crippen LogP contribution in [-0.2, 0) is 6.42 Å². The second-order valence-electron chi connectivity index (χ2n) is 6.44. The number of nitrogens with one attached hydrogen (secondary N) is 2. The van der Waals surface area contributed by atoms with E-state index in [1.807, 2.05) is 11.8 Å². The van der Waals surface area contributed by atoms with Crippen molar-refractivity contribution in [1.82, 2.24) is 20.4 Å². The topological polar surface area (TPSA) is 104 Å². The summed E-state index contributed by atoms with van der Waals surface area (Å²) in [7, 11) is 1.75. The van der Waals surface area contributed by atoms with Gasteiger partial charge in [0.2, 0.25) is 0 Å². The summed E-state index contributed by atoms with van der Waals surface area (Å²) in [6.45, 7) is 1.58. The standard InChI is InChI=1S/C20H28FN7S/c1-24-20(25-11-3-4-13-29-2)26-12-5-6-18-17(14-22)19(23)28(27-18)16-9-7-15(21)8-10-16/h7-10H,3-6,11-13,23H2,1-2H3,(H2,24,25,26). The molecule has 7 nitrogen and oxygen atoms in total. The van der Waals surface area contributed by atoms with E-state index in [1.54, 1.807) is 19.2 Å². The van der Waals surface area contributed by atoms with Crippen molar-refractivity contribution in [3.63, 3.8) is 0 Å². The smallest absolute Gasteiger partial charge is 0.190 e.